The molecule has 0 saturated heterocycles. The number of sulfonamides is 1. The molecule has 1 aliphatic carbocycles. The van der Waals surface area contributed by atoms with Gasteiger partial charge in [0.25, 0.3) is 0 Å². The van der Waals surface area contributed by atoms with Crippen LogP contribution in [0.2, 0.25) is 0 Å². The van der Waals surface area contributed by atoms with Crippen molar-refractivity contribution in [3.8, 4) is 0 Å². The summed E-state index contributed by atoms with van der Waals surface area (Å²) in [4.78, 5) is 4.97. The van der Waals surface area contributed by atoms with Crippen molar-refractivity contribution in [1.82, 2.24) is 4.72 Å². The van der Waals surface area contributed by atoms with E-state index in [-0.39, 0.29) is 0 Å². The van der Waals surface area contributed by atoms with Gasteiger partial charge < -0.3 is 0 Å². The Hall–Kier alpha value is -1.98. The topological polar surface area (TPSA) is 58.5 Å². The minimum absolute atomic E-state index is 0.299. The lowest BCUT2D eigenvalue weighted by Crippen LogP contribution is -2.47. The molecule has 4 rings (SSSR count). The zero-order valence-electron chi connectivity index (χ0n) is 12.9. The average molecular weight is 326 g/mol. The summed E-state index contributed by atoms with van der Waals surface area (Å²) in [5, 5.41) is 0. The third-order valence-electron chi connectivity index (χ3n) is 4.72. The summed E-state index contributed by atoms with van der Waals surface area (Å²) in [6, 6.07) is 14.7. The van der Waals surface area contributed by atoms with Gasteiger partial charge in [-0.3, -0.25) is 4.99 Å². The van der Waals surface area contributed by atoms with Gasteiger partial charge in [0.15, 0.2) is 0 Å². The highest BCUT2D eigenvalue weighted by molar-refractivity contribution is 7.89. The standard InChI is InChI=1S/C18H18N2O2S/c1-13-8-10-14(11-9-13)23(21,22)20-18-12-4-7-17(18)19-16-6-3-2-5-15(16)18/h2-3,5-6,8-11,20H,4,7,12H2,1H3. The molecule has 1 heterocycles. The van der Waals surface area contributed by atoms with Crippen LogP contribution in [-0.2, 0) is 15.6 Å². The number of fused-ring (bicyclic) bond motifs is 3. The molecule has 4 nitrogen and oxygen atoms in total. The molecule has 0 aromatic heterocycles. The highest BCUT2D eigenvalue weighted by Crippen LogP contribution is 2.47. The van der Waals surface area contributed by atoms with Gasteiger partial charge in [-0.05, 0) is 44.4 Å². The van der Waals surface area contributed by atoms with Gasteiger partial charge in [0.05, 0.1) is 16.1 Å². The highest BCUT2D eigenvalue weighted by atomic mass is 32.2. The van der Waals surface area contributed by atoms with Crippen molar-refractivity contribution in [2.24, 2.45) is 4.99 Å². The second-order valence-corrected chi connectivity index (χ2v) is 7.94. The minimum Gasteiger partial charge on any atom is -0.255 e. The maximum absolute atomic E-state index is 12.9. The monoisotopic (exact) mass is 326 g/mol. The van der Waals surface area contributed by atoms with E-state index in [9.17, 15) is 8.42 Å². The fraction of sp³-hybridized carbons (Fsp3) is 0.278. The molecule has 2 aliphatic rings. The van der Waals surface area contributed by atoms with Crippen LogP contribution < -0.4 is 4.72 Å². The first-order chi connectivity index (χ1) is 11.0. The van der Waals surface area contributed by atoms with E-state index in [0.29, 0.717) is 4.90 Å². The van der Waals surface area contributed by atoms with Crippen LogP contribution in [-0.4, -0.2) is 14.1 Å². The third kappa shape index (κ3) is 2.23. The molecule has 1 saturated carbocycles. The van der Waals surface area contributed by atoms with Crippen LogP contribution in [0.5, 0.6) is 0 Å². The smallest absolute Gasteiger partial charge is 0.241 e. The number of aliphatic imine (C=N–C) groups is 1. The molecule has 118 valence electrons. The Morgan fingerprint density at radius 3 is 2.61 bits per heavy atom. The summed E-state index contributed by atoms with van der Waals surface area (Å²) in [6.45, 7) is 1.94. The molecule has 0 amide bonds. The summed E-state index contributed by atoms with van der Waals surface area (Å²) >= 11 is 0. The van der Waals surface area contributed by atoms with Crippen molar-refractivity contribution >= 4 is 21.4 Å². The molecule has 0 bridgehead atoms. The number of rotatable bonds is 3. The molecule has 5 heteroatoms. The summed E-state index contributed by atoms with van der Waals surface area (Å²) in [7, 11) is -3.60. The van der Waals surface area contributed by atoms with Crippen LogP contribution in [0, 0.1) is 6.92 Å². The Morgan fingerprint density at radius 1 is 1.09 bits per heavy atom. The number of hydrogen-bond acceptors (Lipinski definition) is 3. The predicted octanol–water partition coefficient (Wildman–Crippen LogP) is 3.44. The van der Waals surface area contributed by atoms with Gasteiger partial charge >= 0.3 is 0 Å². The molecule has 1 aliphatic heterocycles. The molecular formula is C18H18N2O2S. The van der Waals surface area contributed by atoms with Crippen LogP contribution in [0.3, 0.4) is 0 Å². The van der Waals surface area contributed by atoms with Crippen LogP contribution >= 0.6 is 0 Å². The number of nitrogens with one attached hydrogen (secondary N) is 1. The largest absolute Gasteiger partial charge is 0.255 e. The summed E-state index contributed by atoms with van der Waals surface area (Å²) < 4.78 is 28.7. The third-order valence-corrected chi connectivity index (χ3v) is 6.23. The Balaban J connectivity index is 1.78. The summed E-state index contributed by atoms with van der Waals surface area (Å²) in [5.41, 5.74) is 3.17. The lowest BCUT2D eigenvalue weighted by Gasteiger charge is -2.28. The van der Waals surface area contributed by atoms with Gasteiger partial charge in [0, 0.05) is 11.3 Å². The Morgan fingerprint density at radius 2 is 1.83 bits per heavy atom. The number of para-hydroxylation sites is 1. The molecule has 23 heavy (non-hydrogen) atoms. The predicted molar refractivity (Wildman–Crippen MR) is 90.6 cm³/mol. The number of aryl methyl sites for hydroxylation is 1. The molecule has 2 aromatic carbocycles. The molecule has 2 aromatic rings. The lowest BCUT2D eigenvalue weighted by molar-refractivity contribution is 0.505. The first kappa shape index (κ1) is 14.6. The van der Waals surface area contributed by atoms with Crippen molar-refractivity contribution in [2.75, 3.05) is 0 Å². The minimum atomic E-state index is -3.60. The van der Waals surface area contributed by atoms with E-state index in [1.807, 2.05) is 43.3 Å². The van der Waals surface area contributed by atoms with E-state index in [1.165, 1.54) is 0 Å². The van der Waals surface area contributed by atoms with Gasteiger partial charge in [-0.25, -0.2) is 8.42 Å². The highest BCUT2D eigenvalue weighted by Gasteiger charge is 2.48. The number of hydrogen-bond donors (Lipinski definition) is 1. The van der Waals surface area contributed by atoms with Crippen molar-refractivity contribution < 1.29 is 8.42 Å². The average Bonchev–Trinajstić information content (AvgIpc) is 3.03. The molecule has 1 fully saturated rings. The second kappa shape index (κ2) is 5.01. The van der Waals surface area contributed by atoms with Crippen LogP contribution in [0.15, 0.2) is 58.4 Å². The normalized spacial score (nSPS) is 22.6. The Kier molecular flexibility index (Phi) is 3.18. The quantitative estimate of drug-likeness (QED) is 0.939. The molecular weight excluding hydrogens is 308 g/mol. The van der Waals surface area contributed by atoms with E-state index in [4.69, 9.17) is 0 Å². The van der Waals surface area contributed by atoms with E-state index in [0.717, 1.165) is 41.8 Å². The first-order valence-electron chi connectivity index (χ1n) is 7.79. The maximum atomic E-state index is 12.9. The molecule has 0 spiro atoms. The van der Waals surface area contributed by atoms with Crippen LogP contribution in [0.25, 0.3) is 0 Å². The van der Waals surface area contributed by atoms with Crippen molar-refractivity contribution in [1.29, 1.82) is 0 Å². The van der Waals surface area contributed by atoms with Gasteiger partial charge in [0.1, 0.15) is 0 Å². The molecule has 1 atom stereocenters. The SMILES string of the molecule is Cc1ccc(S(=O)(=O)NC23CCCC2=Nc2ccccc23)cc1. The zero-order chi connectivity index (χ0) is 16.1. The van der Waals surface area contributed by atoms with E-state index in [2.05, 4.69) is 9.71 Å². The number of nitrogens with zero attached hydrogens (tertiary/aromatic N) is 1. The van der Waals surface area contributed by atoms with E-state index in [1.54, 1.807) is 12.1 Å². The van der Waals surface area contributed by atoms with Crippen molar-refractivity contribution in [3.05, 3.63) is 59.7 Å². The van der Waals surface area contributed by atoms with Crippen molar-refractivity contribution in [3.63, 3.8) is 0 Å². The fourth-order valence-corrected chi connectivity index (χ4v) is 4.97. The second-order valence-electron chi connectivity index (χ2n) is 6.25. The van der Waals surface area contributed by atoms with Crippen molar-refractivity contribution in [2.45, 2.75) is 36.6 Å². The van der Waals surface area contributed by atoms with Crippen LogP contribution in [0.1, 0.15) is 30.4 Å². The molecule has 1 N–H and O–H groups in total. The fourth-order valence-electron chi connectivity index (χ4n) is 3.57. The van der Waals surface area contributed by atoms with E-state index >= 15 is 0 Å². The Bertz CT molecular complexity index is 901. The summed E-state index contributed by atoms with van der Waals surface area (Å²) in [6.07, 6.45) is 2.54. The maximum Gasteiger partial charge on any atom is 0.241 e. The van der Waals surface area contributed by atoms with Crippen LogP contribution in [0.4, 0.5) is 5.69 Å². The zero-order valence-corrected chi connectivity index (χ0v) is 13.7. The van der Waals surface area contributed by atoms with Gasteiger partial charge in [-0.2, -0.15) is 4.72 Å². The Labute approximate surface area is 136 Å². The van der Waals surface area contributed by atoms with Gasteiger partial charge in [-0.1, -0.05) is 35.9 Å². The first-order valence-corrected chi connectivity index (χ1v) is 9.28. The van der Waals surface area contributed by atoms with E-state index < -0.39 is 15.6 Å². The molecule has 0 radical (unpaired) electrons. The summed E-state index contributed by atoms with van der Waals surface area (Å²) in [5.74, 6) is 0. The lowest BCUT2D eigenvalue weighted by atomic mass is 9.89. The molecule has 1 unspecified atom stereocenters. The number of benzene rings is 2. The van der Waals surface area contributed by atoms with Gasteiger partial charge in [0.2, 0.25) is 10.0 Å². The van der Waals surface area contributed by atoms with Gasteiger partial charge in [-0.15, -0.1) is 0 Å².